The van der Waals surface area contributed by atoms with Crippen molar-refractivity contribution >= 4 is 5.91 Å². The molecular formula is C21H27N3O2. The highest BCUT2D eigenvalue weighted by Gasteiger charge is 2.25. The van der Waals surface area contributed by atoms with Crippen molar-refractivity contribution in [2.45, 2.75) is 32.7 Å². The number of amides is 1. The monoisotopic (exact) mass is 353 g/mol. The first-order valence-corrected chi connectivity index (χ1v) is 9.30. The topological polar surface area (TPSA) is 65.2 Å². The smallest absolute Gasteiger partial charge is 0.252 e. The third-order valence-electron chi connectivity index (χ3n) is 5.22. The molecule has 1 aromatic heterocycles. The lowest BCUT2D eigenvalue weighted by Gasteiger charge is -2.37. The number of hydrogen-bond acceptors (Lipinski definition) is 3. The molecule has 0 aliphatic carbocycles. The zero-order chi connectivity index (χ0) is 18.5. The van der Waals surface area contributed by atoms with Gasteiger partial charge in [-0.1, -0.05) is 36.8 Å². The molecule has 5 nitrogen and oxygen atoms in total. The second kappa shape index (κ2) is 8.32. The van der Waals surface area contributed by atoms with Crippen LogP contribution >= 0.6 is 0 Å². The highest BCUT2D eigenvalue weighted by Crippen LogP contribution is 2.26. The highest BCUT2D eigenvalue weighted by molar-refractivity contribution is 5.93. The van der Waals surface area contributed by atoms with Crippen molar-refractivity contribution in [2.75, 3.05) is 19.6 Å². The standard InChI is InChI=1S/C21H27N3O2/c1-15-3-5-17(6-4-15)19(24-11-9-16(2)10-12-24)14-23-21(26)18-7-8-20(25)22-13-18/h3-8,13,16,19H,9-12,14H2,1-2H3,(H,22,25)(H,23,26). The lowest BCUT2D eigenvalue weighted by atomic mass is 9.95. The SMILES string of the molecule is Cc1ccc(C(CNC(=O)c2ccc(=O)[nH]c2)N2CCC(C)CC2)cc1. The Morgan fingerprint density at radius 1 is 1.19 bits per heavy atom. The minimum absolute atomic E-state index is 0.162. The highest BCUT2D eigenvalue weighted by atomic mass is 16.1. The van der Waals surface area contributed by atoms with E-state index in [1.165, 1.54) is 36.2 Å². The summed E-state index contributed by atoms with van der Waals surface area (Å²) in [5.74, 6) is 0.601. The number of H-pyrrole nitrogens is 1. The average Bonchev–Trinajstić information content (AvgIpc) is 2.65. The number of carbonyl (C=O) groups is 1. The Morgan fingerprint density at radius 2 is 1.88 bits per heavy atom. The molecule has 1 aliphatic rings. The zero-order valence-electron chi connectivity index (χ0n) is 15.5. The fourth-order valence-corrected chi connectivity index (χ4v) is 3.43. The fraction of sp³-hybridized carbons (Fsp3) is 0.429. The number of hydrogen-bond donors (Lipinski definition) is 2. The van der Waals surface area contributed by atoms with E-state index in [1.54, 1.807) is 6.07 Å². The molecule has 1 aromatic carbocycles. The van der Waals surface area contributed by atoms with Crippen molar-refractivity contribution in [1.29, 1.82) is 0 Å². The number of piperidine rings is 1. The Hall–Kier alpha value is -2.40. The number of carbonyl (C=O) groups excluding carboxylic acids is 1. The predicted octanol–water partition coefficient (Wildman–Crippen LogP) is 2.89. The Labute approximate surface area is 154 Å². The van der Waals surface area contributed by atoms with Crippen molar-refractivity contribution in [1.82, 2.24) is 15.2 Å². The van der Waals surface area contributed by atoms with Gasteiger partial charge in [0.05, 0.1) is 11.6 Å². The second-order valence-electron chi connectivity index (χ2n) is 7.30. The summed E-state index contributed by atoms with van der Waals surface area (Å²) >= 11 is 0. The fourth-order valence-electron chi connectivity index (χ4n) is 3.43. The molecule has 2 heterocycles. The molecule has 0 spiro atoms. The summed E-state index contributed by atoms with van der Waals surface area (Å²) in [6.07, 6.45) is 3.84. The number of aryl methyl sites for hydroxylation is 1. The predicted molar refractivity (Wildman–Crippen MR) is 103 cm³/mol. The molecule has 0 saturated carbocycles. The van der Waals surface area contributed by atoms with Crippen LogP contribution in [-0.2, 0) is 0 Å². The molecule has 1 atom stereocenters. The number of aromatic nitrogens is 1. The third-order valence-corrected chi connectivity index (χ3v) is 5.22. The van der Waals surface area contributed by atoms with Gasteiger partial charge < -0.3 is 10.3 Å². The van der Waals surface area contributed by atoms with Crippen molar-refractivity contribution < 1.29 is 4.79 Å². The van der Waals surface area contributed by atoms with Gasteiger partial charge in [0.25, 0.3) is 5.91 Å². The zero-order valence-corrected chi connectivity index (χ0v) is 15.5. The van der Waals surface area contributed by atoms with E-state index in [0.717, 1.165) is 19.0 Å². The van der Waals surface area contributed by atoms with E-state index in [4.69, 9.17) is 0 Å². The maximum atomic E-state index is 12.4. The van der Waals surface area contributed by atoms with Gasteiger partial charge in [-0.25, -0.2) is 0 Å². The van der Waals surface area contributed by atoms with E-state index in [9.17, 15) is 9.59 Å². The van der Waals surface area contributed by atoms with Gasteiger partial charge in [-0.15, -0.1) is 0 Å². The van der Waals surface area contributed by atoms with Crippen LogP contribution in [0.3, 0.4) is 0 Å². The first-order chi connectivity index (χ1) is 12.5. The van der Waals surface area contributed by atoms with Gasteiger partial charge in [0.15, 0.2) is 0 Å². The van der Waals surface area contributed by atoms with E-state index >= 15 is 0 Å². The summed E-state index contributed by atoms with van der Waals surface area (Å²) in [7, 11) is 0. The maximum Gasteiger partial charge on any atom is 0.252 e. The van der Waals surface area contributed by atoms with Gasteiger partial charge in [0, 0.05) is 18.8 Å². The molecule has 138 valence electrons. The minimum Gasteiger partial charge on any atom is -0.350 e. The van der Waals surface area contributed by atoms with E-state index in [1.807, 2.05) is 0 Å². The van der Waals surface area contributed by atoms with Gasteiger partial charge in [-0.05, 0) is 50.4 Å². The van der Waals surface area contributed by atoms with E-state index < -0.39 is 0 Å². The molecular weight excluding hydrogens is 326 g/mol. The summed E-state index contributed by atoms with van der Waals surface area (Å²) in [6, 6.07) is 11.6. The van der Waals surface area contributed by atoms with Gasteiger partial charge in [-0.2, -0.15) is 0 Å². The molecule has 3 rings (SSSR count). The van der Waals surface area contributed by atoms with E-state index in [-0.39, 0.29) is 17.5 Å². The number of rotatable bonds is 5. The van der Waals surface area contributed by atoms with Crippen LogP contribution < -0.4 is 10.9 Å². The first-order valence-electron chi connectivity index (χ1n) is 9.30. The second-order valence-corrected chi connectivity index (χ2v) is 7.30. The number of aromatic amines is 1. The van der Waals surface area contributed by atoms with Crippen LogP contribution in [0.4, 0.5) is 0 Å². The molecule has 0 radical (unpaired) electrons. The van der Waals surface area contributed by atoms with Crippen LogP contribution in [-0.4, -0.2) is 35.4 Å². The largest absolute Gasteiger partial charge is 0.350 e. The third kappa shape index (κ3) is 4.61. The molecule has 2 aromatic rings. The Bertz CT molecular complexity index is 769. The summed E-state index contributed by atoms with van der Waals surface area (Å²) in [5, 5.41) is 3.04. The van der Waals surface area contributed by atoms with Crippen LogP contribution in [0.5, 0.6) is 0 Å². The number of pyridine rings is 1. The van der Waals surface area contributed by atoms with Crippen molar-refractivity contribution in [2.24, 2.45) is 5.92 Å². The summed E-state index contributed by atoms with van der Waals surface area (Å²) in [6.45, 7) is 7.04. The lowest BCUT2D eigenvalue weighted by Crippen LogP contribution is -2.42. The normalized spacial score (nSPS) is 17.0. The van der Waals surface area contributed by atoms with Gasteiger partial charge in [0.2, 0.25) is 5.56 Å². The quantitative estimate of drug-likeness (QED) is 0.869. The van der Waals surface area contributed by atoms with Gasteiger partial charge in [-0.3, -0.25) is 14.5 Å². The number of likely N-dealkylation sites (tertiary alicyclic amines) is 1. The number of nitrogens with one attached hydrogen (secondary N) is 2. The van der Waals surface area contributed by atoms with Crippen LogP contribution in [0, 0.1) is 12.8 Å². The summed E-state index contributed by atoms with van der Waals surface area (Å²) in [5.41, 5.74) is 2.73. The van der Waals surface area contributed by atoms with Crippen molar-refractivity contribution in [3.8, 4) is 0 Å². The lowest BCUT2D eigenvalue weighted by molar-refractivity contribution is 0.0912. The van der Waals surface area contributed by atoms with Gasteiger partial charge >= 0.3 is 0 Å². The van der Waals surface area contributed by atoms with Crippen LogP contribution in [0.2, 0.25) is 0 Å². The van der Waals surface area contributed by atoms with E-state index in [0.29, 0.717) is 12.1 Å². The van der Waals surface area contributed by atoms with Crippen LogP contribution in [0.25, 0.3) is 0 Å². The van der Waals surface area contributed by atoms with Crippen molar-refractivity contribution in [3.63, 3.8) is 0 Å². The summed E-state index contributed by atoms with van der Waals surface area (Å²) < 4.78 is 0. The first kappa shape index (κ1) is 18.4. The molecule has 1 aliphatic heterocycles. The molecule has 5 heteroatoms. The number of benzene rings is 1. The molecule has 0 bridgehead atoms. The average molecular weight is 353 g/mol. The Morgan fingerprint density at radius 3 is 2.50 bits per heavy atom. The maximum absolute atomic E-state index is 12.4. The van der Waals surface area contributed by atoms with Crippen molar-refractivity contribution in [3.05, 3.63) is 69.6 Å². The molecule has 1 unspecified atom stereocenters. The van der Waals surface area contributed by atoms with Crippen LogP contribution in [0.15, 0.2) is 47.4 Å². The Kier molecular flexibility index (Phi) is 5.89. The molecule has 1 saturated heterocycles. The van der Waals surface area contributed by atoms with Crippen LogP contribution in [0.1, 0.15) is 47.3 Å². The molecule has 1 fully saturated rings. The molecule has 1 amide bonds. The summed E-state index contributed by atoms with van der Waals surface area (Å²) in [4.78, 5) is 28.6. The molecule has 26 heavy (non-hydrogen) atoms. The van der Waals surface area contributed by atoms with Gasteiger partial charge in [0.1, 0.15) is 0 Å². The molecule has 2 N–H and O–H groups in total. The number of nitrogens with zero attached hydrogens (tertiary/aromatic N) is 1. The minimum atomic E-state index is -0.207. The van der Waals surface area contributed by atoms with E-state index in [2.05, 4.69) is 53.3 Å². The Balaban J connectivity index is 1.72.